The van der Waals surface area contributed by atoms with E-state index in [2.05, 4.69) is 30.3 Å². The molecule has 0 amide bonds. The molecule has 0 bridgehead atoms. The van der Waals surface area contributed by atoms with Crippen molar-refractivity contribution in [2.75, 3.05) is 0 Å². The molecule has 0 spiro atoms. The van der Waals surface area contributed by atoms with Crippen molar-refractivity contribution in [1.82, 2.24) is 15.1 Å². The normalized spacial score (nSPS) is 11.2. The van der Waals surface area contributed by atoms with E-state index in [0.29, 0.717) is 6.04 Å². The summed E-state index contributed by atoms with van der Waals surface area (Å²) in [4.78, 5) is 2.30. The Labute approximate surface area is 123 Å². The summed E-state index contributed by atoms with van der Waals surface area (Å²) in [5, 5.41) is 8.39. The van der Waals surface area contributed by atoms with Gasteiger partial charge in [0.15, 0.2) is 0 Å². The SMILES string of the molecule is CC(C)NCc1ccc(Cl)cc1Sc1cnn(C)c1. The molecule has 2 aromatic rings. The van der Waals surface area contributed by atoms with Gasteiger partial charge in [0.2, 0.25) is 0 Å². The molecule has 0 atom stereocenters. The molecule has 0 aliphatic heterocycles. The van der Waals surface area contributed by atoms with Gasteiger partial charge in [0.25, 0.3) is 0 Å². The third-order valence-electron chi connectivity index (χ3n) is 2.64. The zero-order chi connectivity index (χ0) is 13.8. The Bertz CT molecular complexity index is 551. The van der Waals surface area contributed by atoms with Crippen molar-refractivity contribution in [3.8, 4) is 0 Å². The van der Waals surface area contributed by atoms with Gasteiger partial charge in [-0.05, 0) is 17.7 Å². The van der Waals surface area contributed by atoms with Crippen LogP contribution < -0.4 is 5.32 Å². The molecule has 0 saturated carbocycles. The summed E-state index contributed by atoms with van der Waals surface area (Å²) >= 11 is 7.79. The number of nitrogens with one attached hydrogen (secondary N) is 1. The van der Waals surface area contributed by atoms with E-state index in [1.54, 1.807) is 16.4 Å². The van der Waals surface area contributed by atoms with Gasteiger partial charge in [-0.1, -0.05) is 43.3 Å². The van der Waals surface area contributed by atoms with Gasteiger partial charge in [-0.15, -0.1) is 0 Å². The molecule has 19 heavy (non-hydrogen) atoms. The van der Waals surface area contributed by atoms with Gasteiger partial charge in [-0.3, -0.25) is 4.68 Å². The molecule has 1 N–H and O–H groups in total. The minimum atomic E-state index is 0.465. The maximum Gasteiger partial charge on any atom is 0.0629 e. The summed E-state index contributed by atoms with van der Waals surface area (Å²) in [5.74, 6) is 0. The molecule has 1 aromatic heterocycles. The lowest BCUT2D eigenvalue weighted by molar-refractivity contribution is 0.585. The molecule has 0 aliphatic rings. The van der Waals surface area contributed by atoms with Crippen LogP contribution in [0, 0.1) is 0 Å². The van der Waals surface area contributed by atoms with Gasteiger partial charge in [0.05, 0.1) is 11.1 Å². The van der Waals surface area contributed by atoms with E-state index >= 15 is 0 Å². The Morgan fingerprint density at radius 1 is 1.42 bits per heavy atom. The lowest BCUT2D eigenvalue weighted by Crippen LogP contribution is -2.22. The van der Waals surface area contributed by atoms with E-state index in [1.165, 1.54) is 10.5 Å². The van der Waals surface area contributed by atoms with E-state index < -0.39 is 0 Å². The average molecular weight is 296 g/mol. The van der Waals surface area contributed by atoms with Gasteiger partial charge in [-0.25, -0.2) is 0 Å². The maximum atomic E-state index is 6.10. The van der Waals surface area contributed by atoms with Gasteiger partial charge in [-0.2, -0.15) is 5.10 Å². The Morgan fingerprint density at radius 2 is 2.21 bits per heavy atom. The number of rotatable bonds is 5. The first-order chi connectivity index (χ1) is 9.04. The van der Waals surface area contributed by atoms with E-state index in [1.807, 2.05) is 31.6 Å². The fourth-order valence-corrected chi connectivity index (χ4v) is 2.91. The minimum Gasteiger partial charge on any atom is -0.310 e. The molecule has 0 radical (unpaired) electrons. The zero-order valence-corrected chi connectivity index (χ0v) is 12.9. The molecule has 2 rings (SSSR count). The van der Waals surface area contributed by atoms with Crippen molar-refractivity contribution < 1.29 is 0 Å². The molecule has 102 valence electrons. The Morgan fingerprint density at radius 3 is 2.84 bits per heavy atom. The third-order valence-corrected chi connectivity index (χ3v) is 3.92. The highest BCUT2D eigenvalue weighted by atomic mass is 35.5. The first-order valence-corrected chi connectivity index (χ1v) is 7.42. The molecule has 1 heterocycles. The standard InChI is InChI=1S/C14H18ClN3S/c1-10(2)16-7-11-4-5-12(15)6-14(11)19-13-8-17-18(3)9-13/h4-6,8-10,16H,7H2,1-3H3. The number of aromatic nitrogens is 2. The Kier molecular flexibility index (Phi) is 4.91. The number of aryl methyl sites for hydroxylation is 1. The van der Waals surface area contributed by atoms with Crippen molar-refractivity contribution in [3.05, 3.63) is 41.2 Å². The van der Waals surface area contributed by atoms with E-state index in [9.17, 15) is 0 Å². The van der Waals surface area contributed by atoms with Crippen molar-refractivity contribution in [3.63, 3.8) is 0 Å². The van der Waals surface area contributed by atoms with Crippen molar-refractivity contribution in [1.29, 1.82) is 0 Å². The van der Waals surface area contributed by atoms with Crippen LogP contribution in [0.3, 0.4) is 0 Å². The number of benzene rings is 1. The molecule has 0 aliphatic carbocycles. The molecule has 1 aromatic carbocycles. The average Bonchev–Trinajstić information content (AvgIpc) is 2.73. The summed E-state index contributed by atoms with van der Waals surface area (Å²) in [7, 11) is 1.92. The lowest BCUT2D eigenvalue weighted by atomic mass is 10.2. The van der Waals surface area contributed by atoms with E-state index in [4.69, 9.17) is 11.6 Å². The predicted molar refractivity (Wildman–Crippen MR) is 80.8 cm³/mol. The van der Waals surface area contributed by atoms with E-state index in [-0.39, 0.29) is 0 Å². The summed E-state index contributed by atoms with van der Waals surface area (Å²) in [6.07, 6.45) is 3.87. The molecule has 5 heteroatoms. The van der Waals surface area contributed by atoms with Crippen molar-refractivity contribution in [2.24, 2.45) is 7.05 Å². The van der Waals surface area contributed by atoms with Crippen molar-refractivity contribution >= 4 is 23.4 Å². The maximum absolute atomic E-state index is 6.10. The number of nitrogens with zero attached hydrogens (tertiary/aromatic N) is 2. The largest absolute Gasteiger partial charge is 0.310 e. The van der Waals surface area contributed by atoms with Crippen LogP contribution in [0.15, 0.2) is 40.4 Å². The lowest BCUT2D eigenvalue weighted by Gasteiger charge is -2.12. The van der Waals surface area contributed by atoms with Crippen LogP contribution in [-0.2, 0) is 13.6 Å². The summed E-state index contributed by atoms with van der Waals surface area (Å²) < 4.78 is 1.80. The summed E-state index contributed by atoms with van der Waals surface area (Å²) in [6.45, 7) is 5.13. The van der Waals surface area contributed by atoms with Gasteiger partial charge < -0.3 is 5.32 Å². The Balaban J connectivity index is 2.19. The van der Waals surface area contributed by atoms with Crippen LogP contribution in [0.1, 0.15) is 19.4 Å². The van der Waals surface area contributed by atoms with Crippen molar-refractivity contribution in [2.45, 2.75) is 36.2 Å². The predicted octanol–water partition coefficient (Wildman–Crippen LogP) is 3.72. The highest BCUT2D eigenvalue weighted by Crippen LogP contribution is 2.32. The fraction of sp³-hybridized carbons (Fsp3) is 0.357. The van der Waals surface area contributed by atoms with Crippen LogP contribution in [0.25, 0.3) is 0 Å². The molecule has 0 unspecified atom stereocenters. The number of hydrogen-bond acceptors (Lipinski definition) is 3. The van der Waals surface area contributed by atoms with Gasteiger partial charge >= 0.3 is 0 Å². The topological polar surface area (TPSA) is 29.9 Å². The number of hydrogen-bond donors (Lipinski definition) is 1. The van der Waals surface area contributed by atoms with Gasteiger partial charge in [0, 0.05) is 35.7 Å². The second-order valence-electron chi connectivity index (χ2n) is 4.74. The monoisotopic (exact) mass is 295 g/mol. The third kappa shape index (κ3) is 4.27. The summed E-state index contributed by atoms with van der Waals surface area (Å²) in [6, 6.07) is 6.49. The molecular formula is C14H18ClN3S. The van der Waals surface area contributed by atoms with Crippen LogP contribution in [0.2, 0.25) is 5.02 Å². The number of halogens is 1. The van der Waals surface area contributed by atoms with Crippen LogP contribution in [-0.4, -0.2) is 15.8 Å². The highest BCUT2D eigenvalue weighted by Gasteiger charge is 2.07. The zero-order valence-electron chi connectivity index (χ0n) is 11.4. The van der Waals surface area contributed by atoms with Crippen LogP contribution in [0.5, 0.6) is 0 Å². The van der Waals surface area contributed by atoms with Crippen LogP contribution in [0.4, 0.5) is 0 Å². The summed E-state index contributed by atoms with van der Waals surface area (Å²) in [5.41, 5.74) is 1.26. The fourth-order valence-electron chi connectivity index (χ4n) is 1.66. The van der Waals surface area contributed by atoms with Crippen LogP contribution >= 0.6 is 23.4 Å². The first-order valence-electron chi connectivity index (χ1n) is 6.23. The molecule has 0 saturated heterocycles. The minimum absolute atomic E-state index is 0.465. The molecule has 3 nitrogen and oxygen atoms in total. The quantitative estimate of drug-likeness (QED) is 0.912. The first kappa shape index (κ1) is 14.4. The Hall–Kier alpha value is -0.970. The molecular weight excluding hydrogens is 278 g/mol. The molecule has 0 fully saturated rings. The van der Waals surface area contributed by atoms with E-state index in [0.717, 1.165) is 16.5 Å². The highest BCUT2D eigenvalue weighted by molar-refractivity contribution is 7.99. The second-order valence-corrected chi connectivity index (χ2v) is 6.29. The second kappa shape index (κ2) is 6.46. The smallest absolute Gasteiger partial charge is 0.0629 e. The van der Waals surface area contributed by atoms with Gasteiger partial charge in [0.1, 0.15) is 0 Å².